The second kappa shape index (κ2) is 7.22. The van der Waals surface area contributed by atoms with Gasteiger partial charge < -0.3 is 0 Å². The second-order valence-electron chi connectivity index (χ2n) is 5.05. The van der Waals surface area contributed by atoms with E-state index < -0.39 is 16.9 Å². The summed E-state index contributed by atoms with van der Waals surface area (Å²) in [5.74, 6) is 0. The Hall–Kier alpha value is -0.417. The van der Waals surface area contributed by atoms with E-state index in [9.17, 15) is 0 Å². The Kier molecular flexibility index (Phi) is 5.47. The molecule has 0 amide bonds. The van der Waals surface area contributed by atoms with Crippen molar-refractivity contribution in [3.05, 3.63) is 91.0 Å². The molecule has 5 heteroatoms. The van der Waals surface area contributed by atoms with E-state index in [-0.39, 0.29) is 0 Å². The molecular formula is C18H16Cl3PRh. The molecule has 0 aliphatic heterocycles. The summed E-state index contributed by atoms with van der Waals surface area (Å²) in [7, 11) is 20.4. The molecule has 3 rings (SSSR count). The predicted molar refractivity (Wildman–Crippen MR) is 104 cm³/mol. The summed E-state index contributed by atoms with van der Waals surface area (Å²) in [5.41, 5.74) is -2.67. The first kappa shape index (κ1) is 17.4. The van der Waals surface area contributed by atoms with Gasteiger partial charge in [0.2, 0.25) is 0 Å². The van der Waals surface area contributed by atoms with Crippen molar-refractivity contribution in [2.45, 2.75) is 0 Å². The molecule has 0 saturated heterocycles. The van der Waals surface area contributed by atoms with Crippen molar-refractivity contribution in [2.24, 2.45) is 0 Å². The zero-order chi connectivity index (χ0) is 16.3. The Morgan fingerprint density at radius 3 is 0.957 bits per heavy atom. The zero-order valence-corrected chi connectivity index (χ0v) is 17.0. The van der Waals surface area contributed by atoms with Gasteiger partial charge in [-0.15, -0.1) is 0 Å². The summed E-state index contributed by atoms with van der Waals surface area (Å²) in [6.07, 6.45) is 0. The summed E-state index contributed by atoms with van der Waals surface area (Å²) in [4.78, 5) is 0. The summed E-state index contributed by atoms with van der Waals surface area (Å²) in [5, 5.41) is 3.46. The fourth-order valence-corrected chi connectivity index (χ4v) is 25.3. The molecule has 0 nitrogen and oxygen atoms in total. The number of halogens is 3. The van der Waals surface area contributed by atoms with Gasteiger partial charge in [-0.1, -0.05) is 0 Å². The molecule has 23 heavy (non-hydrogen) atoms. The van der Waals surface area contributed by atoms with E-state index in [4.69, 9.17) is 29.1 Å². The molecule has 0 bridgehead atoms. The first-order chi connectivity index (χ1) is 11.1. The van der Waals surface area contributed by atoms with Crippen molar-refractivity contribution in [3.63, 3.8) is 0 Å². The van der Waals surface area contributed by atoms with Gasteiger partial charge in [0, 0.05) is 0 Å². The third-order valence-corrected chi connectivity index (χ3v) is 26.1. The molecule has 0 unspecified atom stereocenters. The van der Waals surface area contributed by atoms with Crippen LogP contribution in [0, 0.1) is 0 Å². The van der Waals surface area contributed by atoms with Gasteiger partial charge in [-0.3, -0.25) is 0 Å². The van der Waals surface area contributed by atoms with Crippen LogP contribution in [0.15, 0.2) is 91.0 Å². The number of benzene rings is 3. The molecule has 3 aromatic rings. The molecule has 0 spiro atoms. The van der Waals surface area contributed by atoms with E-state index in [2.05, 4.69) is 36.4 Å². The Bertz CT molecular complexity index is 662. The second-order valence-corrected chi connectivity index (χ2v) is 29.1. The fourth-order valence-electron chi connectivity index (χ4n) is 2.81. The standard InChI is InChI=1S/C18H15P.3ClH.Rh/c1-4-10-16(11-5-1)19(17-12-6-2-7-13-17)18-14-8-3-9-15-18;;;;/h1-15H;3*1H;/q;;;;+2/p-2. The van der Waals surface area contributed by atoms with Crippen LogP contribution in [-0.2, 0) is 11.3 Å². The van der Waals surface area contributed by atoms with E-state index in [1.807, 2.05) is 54.6 Å². The maximum absolute atomic E-state index is 6.81. The van der Waals surface area contributed by atoms with Crippen LogP contribution in [0.3, 0.4) is 0 Å². The van der Waals surface area contributed by atoms with Crippen LogP contribution in [0.4, 0.5) is 0 Å². The van der Waals surface area contributed by atoms with Gasteiger partial charge >= 0.3 is 153 Å². The third-order valence-electron chi connectivity index (χ3n) is 3.76. The molecule has 0 fully saturated rings. The van der Waals surface area contributed by atoms with E-state index >= 15 is 0 Å². The minimum atomic E-state index is -3.36. The van der Waals surface area contributed by atoms with Crippen LogP contribution in [0.2, 0.25) is 0 Å². The third kappa shape index (κ3) is 3.24. The van der Waals surface area contributed by atoms with Crippen LogP contribution in [0.25, 0.3) is 0 Å². The van der Waals surface area contributed by atoms with Crippen molar-refractivity contribution in [2.75, 3.05) is 0 Å². The van der Waals surface area contributed by atoms with Crippen molar-refractivity contribution in [3.8, 4) is 0 Å². The Morgan fingerprint density at radius 2 is 0.739 bits per heavy atom. The van der Waals surface area contributed by atoms with Gasteiger partial charge in [-0.25, -0.2) is 0 Å². The van der Waals surface area contributed by atoms with Crippen LogP contribution in [0.1, 0.15) is 0 Å². The molecule has 0 heterocycles. The first-order valence-corrected chi connectivity index (χ1v) is 17.6. The van der Waals surface area contributed by atoms with Crippen molar-refractivity contribution in [1.82, 2.24) is 0 Å². The van der Waals surface area contributed by atoms with E-state index in [0.29, 0.717) is 0 Å². The molecule has 0 radical (unpaired) electrons. The molecule has 123 valence electrons. The summed E-state index contributed by atoms with van der Waals surface area (Å²) in [6.45, 7) is 0. The van der Waals surface area contributed by atoms with Crippen molar-refractivity contribution >= 4 is 50.6 Å². The maximum atomic E-state index is 6.81. The topological polar surface area (TPSA) is 0 Å². The van der Waals surface area contributed by atoms with Crippen LogP contribution in [-0.4, -0.2) is 0 Å². The molecule has 0 aromatic heterocycles. The van der Waals surface area contributed by atoms with Crippen molar-refractivity contribution < 1.29 is 11.3 Å². The fraction of sp³-hybridized carbons (Fsp3) is 0. The van der Waals surface area contributed by atoms with Gasteiger partial charge in [-0.05, 0) is 0 Å². The van der Waals surface area contributed by atoms with Gasteiger partial charge in [0.1, 0.15) is 0 Å². The van der Waals surface area contributed by atoms with E-state index in [1.54, 1.807) is 0 Å². The minimum absolute atomic E-state index is 1.15. The average molecular weight is 473 g/mol. The van der Waals surface area contributed by atoms with Crippen molar-refractivity contribution in [1.29, 1.82) is 0 Å². The van der Waals surface area contributed by atoms with Gasteiger partial charge in [0.05, 0.1) is 0 Å². The quantitative estimate of drug-likeness (QED) is 0.360. The molecule has 0 N–H and O–H groups in total. The Balaban J connectivity index is 2.41. The Morgan fingerprint density at radius 1 is 0.478 bits per heavy atom. The first-order valence-electron chi connectivity index (χ1n) is 7.03. The molecule has 0 aliphatic rings. The number of hydrogen-bond donors (Lipinski definition) is 0. The molecular weight excluding hydrogens is 456 g/mol. The van der Waals surface area contributed by atoms with Crippen LogP contribution in [0.5, 0.6) is 0 Å². The molecule has 0 saturated carbocycles. The van der Waals surface area contributed by atoms with Crippen LogP contribution >= 0.6 is 34.7 Å². The van der Waals surface area contributed by atoms with Crippen LogP contribution < -0.4 is 15.9 Å². The molecule has 3 aromatic carbocycles. The summed E-state index contributed by atoms with van der Waals surface area (Å²) >= 11 is -3.36. The average Bonchev–Trinajstić information content (AvgIpc) is 2.57. The van der Waals surface area contributed by atoms with Gasteiger partial charge in [0.15, 0.2) is 0 Å². The normalized spacial score (nSPS) is 13.5. The molecule has 0 atom stereocenters. The van der Waals surface area contributed by atoms with Gasteiger partial charge in [0.25, 0.3) is 0 Å². The molecule has 0 aliphatic carbocycles. The summed E-state index contributed by atoms with van der Waals surface area (Å²) < 4.78 is 0. The predicted octanol–water partition coefficient (Wildman–Crippen LogP) is 5.24. The number of hydrogen-bond acceptors (Lipinski definition) is 0. The van der Waals surface area contributed by atoms with Gasteiger partial charge in [-0.2, -0.15) is 0 Å². The Labute approximate surface area is 152 Å². The zero-order valence-electron chi connectivity index (χ0n) is 12.1. The SMILES string of the molecule is [Cl][Rh]([Cl])([Cl])[PH](c1ccccc1)(c1ccccc1)c1ccccc1. The number of rotatable bonds is 4. The van der Waals surface area contributed by atoms with E-state index in [1.165, 1.54) is 0 Å². The monoisotopic (exact) mass is 471 g/mol. The van der Waals surface area contributed by atoms with E-state index in [0.717, 1.165) is 15.9 Å². The summed E-state index contributed by atoms with van der Waals surface area (Å²) in [6, 6.07) is 30.8.